The van der Waals surface area contributed by atoms with Crippen molar-refractivity contribution in [1.82, 2.24) is 0 Å². The Balaban J connectivity index is -0.000000614. The van der Waals surface area contributed by atoms with Gasteiger partial charge in [-0.1, -0.05) is 201 Å². The fourth-order valence-electron chi connectivity index (χ4n) is 5.19. The SMILES string of the molecule is CC(C)(C)c1cccc(C(C)(C)C)c1O.CC(C)(C)c1cccc(C(C)(C)C)c1[O-].CC(C)(C)c1cccc(C(C)(C)C)c1[O-].[Mo].[O-2].[O-2]. The third kappa shape index (κ3) is 13.9. The second kappa shape index (κ2) is 17.5. The predicted octanol–water partition coefficient (Wildman–Crippen LogP) is 10.5. The topological polar surface area (TPSA) is 123 Å². The standard InChI is InChI=1S/3C14H22O.Mo.2O/c3*1-13(2,3)10-8-7-9-11(12(10)15)14(4,5)6;;;/h3*7-9,15H,1-6H3;;;/q;;;;2*-2/p-2. The first-order valence-electron chi connectivity index (χ1n) is 16.4. The molecule has 0 bridgehead atoms. The van der Waals surface area contributed by atoms with E-state index in [-0.39, 0.29) is 76.0 Å². The monoisotopic (exact) mass is 746 g/mol. The number of phenols is 1. The normalized spacial score (nSPS) is 12.1. The smallest absolute Gasteiger partial charge is 0.123 e. The van der Waals surface area contributed by atoms with Gasteiger partial charge >= 0.3 is 0 Å². The van der Waals surface area contributed by atoms with Crippen LogP contribution in [0.3, 0.4) is 0 Å². The number of para-hydroxylation sites is 3. The summed E-state index contributed by atoms with van der Waals surface area (Å²) < 4.78 is 0. The van der Waals surface area contributed by atoms with Crippen LogP contribution in [0.1, 0.15) is 158 Å². The molecule has 48 heavy (non-hydrogen) atoms. The van der Waals surface area contributed by atoms with E-state index in [2.05, 4.69) is 125 Å². The van der Waals surface area contributed by atoms with E-state index in [1.54, 1.807) is 0 Å². The number of phenolic OH excluding ortho intramolecular Hbond substituents is 1. The molecule has 6 heteroatoms. The molecular formula is C42H64MoO5-6. The Labute approximate surface area is 308 Å². The van der Waals surface area contributed by atoms with Crippen LogP contribution in [-0.2, 0) is 64.5 Å². The quantitative estimate of drug-likeness (QED) is 0.230. The summed E-state index contributed by atoms with van der Waals surface area (Å²) in [7, 11) is 0. The molecule has 0 aliphatic heterocycles. The Morgan fingerprint density at radius 2 is 0.500 bits per heavy atom. The molecule has 0 heterocycles. The summed E-state index contributed by atoms with van der Waals surface area (Å²) in [4.78, 5) is 0. The zero-order chi connectivity index (χ0) is 35.6. The second-order valence-electron chi connectivity index (χ2n) is 18.6. The van der Waals surface area contributed by atoms with Gasteiger partial charge in [0.05, 0.1) is 0 Å². The zero-order valence-corrected chi connectivity index (χ0v) is 35.2. The van der Waals surface area contributed by atoms with Crippen LogP contribution in [0, 0.1) is 0 Å². The van der Waals surface area contributed by atoms with Crippen molar-refractivity contribution in [3.63, 3.8) is 0 Å². The summed E-state index contributed by atoms with van der Waals surface area (Å²) in [6.45, 7) is 37.7. The zero-order valence-electron chi connectivity index (χ0n) is 33.2. The van der Waals surface area contributed by atoms with Gasteiger partial charge in [-0.05, 0) is 43.6 Å². The summed E-state index contributed by atoms with van der Waals surface area (Å²) in [6, 6.07) is 17.8. The van der Waals surface area contributed by atoms with E-state index in [9.17, 15) is 15.3 Å². The van der Waals surface area contributed by atoms with Gasteiger partial charge in [-0.3, -0.25) is 0 Å². The minimum Gasteiger partial charge on any atom is -2.00 e. The van der Waals surface area contributed by atoms with E-state index in [0.29, 0.717) is 5.75 Å². The maximum Gasteiger partial charge on any atom is 0.123 e. The van der Waals surface area contributed by atoms with Gasteiger partial charge < -0.3 is 26.3 Å². The summed E-state index contributed by atoms with van der Waals surface area (Å²) in [6.07, 6.45) is 0. The third-order valence-corrected chi connectivity index (χ3v) is 7.91. The van der Waals surface area contributed by atoms with Crippen molar-refractivity contribution in [3.05, 3.63) is 88.0 Å². The minimum absolute atomic E-state index is 0. The molecule has 0 saturated carbocycles. The summed E-state index contributed by atoms with van der Waals surface area (Å²) >= 11 is 0. The average molecular weight is 745 g/mol. The van der Waals surface area contributed by atoms with Crippen molar-refractivity contribution >= 4 is 0 Å². The molecule has 5 nitrogen and oxygen atoms in total. The molecule has 3 rings (SSSR count). The van der Waals surface area contributed by atoms with Crippen LogP contribution in [-0.4, -0.2) is 5.11 Å². The maximum absolute atomic E-state index is 12.3. The van der Waals surface area contributed by atoms with Gasteiger partial charge in [0.1, 0.15) is 5.75 Å². The number of hydrogen-bond acceptors (Lipinski definition) is 3. The van der Waals surface area contributed by atoms with Gasteiger partial charge in [-0.15, -0.1) is 11.5 Å². The summed E-state index contributed by atoms with van der Waals surface area (Å²) in [5.41, 5.74) is 5.39. The van der Waals surface area contributed by atoms with E-state index < -0.39 is 0 Å². The molecule has 0 amide bonds. The molecule has 0 aromatic heterocycles. The molecule has 274 valence electrons. The van der Waals surface area contributed by atoms with Crippen molar-refractivity contribution in [1.29, 1.82) is 0 Å². The Kier molecular flexibility index (Phi) is 18.3. The van der Waals surface area contributed by atoms with E-state index in [1.165, 1.54) is 0 Å². The molecule has 0 atom stereocenters. The molecule has 3 aromatic rings. The molecule has 0 spiro atoms. The fraction of sp³-hybridized carbons (Fsp3) is 0.571. The molecule has 3 aromatic carbocycles. The van der Waals surface area contributed by atoms with E-state index >= 15 is 0 Å². The van der Waals surface area contributed by atoms with Gasteiger partial charge in [0.15, 0.2) is 0 Å². The first-order chi connectivity index (χ1) is 19.9. The van der Waals surface area contributed by atoms with Crippen molar-refractivity contribution < 1.29 is 47.3 Å². The van der Waals surface area contributed by atoms with E-state index in [1.807, 2.05) is 54.6 Å². The van der Waals surface area contributed by atoms with Crippen molar-refractivity contribution in [3.8, 4) is 17.2 Å². The Bertz CT molecular complexity index is 1140. The molecule has 0 radical (unpaired) electrons. The molecule has 1 N–H and O–H groups in total. The second-order valence-corrected chi connectivity index (χ2v) is 18.6. The van der Waals surface area contributed by atoms with Crippen LogP contribution >= 0.6 is 0 Å². The minimum atomic E-state index is -0.0711. The first-order valence-corrected chi connectivity index (χ1v) is 16.4. The Hall–Kier alpha value is -2.33. The van der Waals surface area contributed by atoms with Crippen LogP contribution in [0.5, 0.6) is 17.2 Å². The van der Waals surface area contributed by atoms with E-state index in [0.717, 1.165) is 33.4 Å². The molecule has 0 saturated heterocycles. The van der Waals surface area contributed by atoms with Crippen LogP contribution in [0.25, 0.3) is 0 Å². The summed E-state index contributed by atoms with van der Waals surface area (Å²) in [5.74, 6) is 0.868. The van der Waals surface area contributed by atoms with Crippen LogP contribution in [0.2, 0.25) is 0 Å². The van der Waals surface area contributed by atoms with Crippen LogP contribution in [0.15, 0.2) is 54.6 Å². The number of benzene rings is 3. The van der Waals surface area contributed by atoms with Gasteiger partial charge in [0.25, 0.3) is 0 Å². The average Bonchev–Trinajstić information content (AvgIpc) is 2.81. The van der Waals surface area contributed by atoms with Gasteiger partial charge in [-0.2, -0.15) is 0 Å². The van der Waals surface area contributed by atoms with Gasteiger partial charge in [-0.25, -0.2) is 0 Å². The number of aromatic hydroxyl groups is 1. The van der Waals surface area contributed by atoms with Crippen molar-refractivity contribution in [2.45, 2.75) is 157 Å². The fourth-order valence-corrected chi connectivity index (χ4v) is 5.19. The predicted molar refractivity (Wildman–Crippen MR) is 193 cm³/mol. The third-order valence-electron chi connectivity index (χ3n) is 7.91. The van der Waals surface area contributed by atoms with Crippen molar-refractivity contribution in [2.75, 3.05) is 0 Å². The Morgan fingerprint density at radius 3 is 0.646 bits per heavy atom. The molecule has 0 aliphatic carbocycles. The van der Waals surface area contributed by atoms with Gasteiger partial charge in [0, 0.05) is 21.1 Å². The van der Waals surface area contributed by atoms with Gasteiger partial charge in [0.2, 0.25) is 0 Å². The number of rotatable bonds is 0. The molecular weight excluding hydrogens is 680 g/mol. The van der Waals surface area contributed by atoms with Crippen LogP contribution in [0.4, 0.5) is 0 Å². The molecule has 0 aliphatic rings. The maximum atomic E-state index is 12.3. The van der Waals surface area contributed by atoms with Crippen LogP contribution < -0.4 is 10.2 Å². The molecule has 0 fully saturated rings. The first kappa shape index (κ1) is 50.0. The van der Waals surface area contributed by atoms with Crippen molar-refractivity contribution in [2.24, 2.45) is 0 Å². The largest absolute Gasteiger partial charge is 2.00 e. The Morgan fingerprint density at radius 1 is 0.354 bits per heavy atom. The molecule has 0 unspecified atom stereocenters. The number of hydrogen-bond donors (Lipinski definition) is 1. The van der Waals surface area contributed by atoms with E-state index in [4.69, 9.17) is 0 Å². The summed E-state index contributed by atoms with van der Waals surface area (Å²) in [5, 5.41) is 34.8.